The monoisotopic (exact) mass is 542 g/mol. The predicted molar refractivity (Wildman–Crippen MR) is 143 cm³/mol. The summed E-state index contributed by atoms with van der Waals surface area (Å²) in [5.41, 5.74) is 1.48. The predicted octanol–water partition coefficient (Wildman–Crippen LogP) is 2.56. The summed E-state index contributed by atoms with van der Waals surface area (Å²) in [6, 6.07) is 11.1. The first kappa shape index (κ1) is 26.6. The van der Waals surface area contributed by atoms with Gasteiger partial charge in [-0.15, -0.1) is 0 Å². The highest BCUT2D eigenvalue weighted by Crippen LogP contribution is 2.36. The molecular formula is C27H34N4O6S. The average molecular weight is 543 g/mol. The van der Waals surface area contributed by atoms with Crippen LogP contribution in [0.1, 0.15) is 36.5 Å². The van der Waals surface area contributed by atoms with Gasteiger partial charge < -0.3 is 24.6 Å². The van der Waals surface area contributed by atoms with Gasteiger partial charge in [-0.25, -0.2) is 8.42 Å². The fourth-order valence-corrected chi connectivity index (χ4v) is 6.47. The van der Waals surface area contributed by atoms with E-state index in [4.69, 9.17) is 9.47 Å². The number of likely N-dealkylation sites (tertiary alicyclic amines) is 1. The van der Waals surface area contributed by atoms with Gasteiger partial charge in [0.1, 0.15) is 5.75 Å². The Hall–Kier alpha value is -2.99. The molecule has 3 heterocycles. The van der Waals surface area contributed by atoms with E-state index >= 15 is 0 Å². The summed E-state index contributed by atoms with van der Waals surface area (Å²) in [4.78, 5) is 30.2. The zero-order chi connectivity index (χ0) is 26.7. The highest BCUT2D eigenvalue weighted by atomic mass is 32.2. The molecule has 0 aromatic heterocycles. The topological polar surface area (TPSA) is 108 Å². The molecule has 204 valence electrons. The third kappa shape index (κ3) is 5.70. The van der Waals surface area contributed by atoms with Crippen LogP contribution in [0, 0.1) is 0 Å². The van der Waals surface area contributed by atoms with Crippen LogP contribution in [0.15, 0.2) is 47.4 Å². The minimum Gasteiger partial charge on any atom is -0.479 e. The van der Waals surface area contributed by atoms with Gasteiger partial charge in [-0.2, -0.15) is 4.31 Å². The quantitative estimate of drug-likeness (QED) is 0.573. The van der Waals surface area contributed by atoms with Crippen molar-refractivity contribution in [2.75, 3.05) is 62.7 Å². The lowest BCUT2D eigenvalue weighted by Gasteiger charge is -2.35. The number of rotatable bonds is 7. The van der Waals surface area contributed by atoms with Crippen molar-refractivity contribution < 1.29 is 27.5 Å². The lowest BCUT2D eigenvalue weighted by atomic mass is 10.1. The summed E-state index contributed by atoms with van der Waals surface area (Å²) in [5.74, 6) is 0.123. The molecule has 0 spiro atoms. The number of hydrogen-bond acceptors (Lipinski definition) is 7. The Morgan fingerprint density at radius 1 is 0.974 bits per heavy atom. The van der Waals surface area contributed by atoms with Gasteiger partial charge in [-0.1, -0.05) is 6.42 Å². The molecule has 3 aliphatic heterocycles. The molecule has 2 fully saturated rings. The molecule has 2 saturated heterocycles. The van der Waals surface area contributed by atoms with Crippen LogP contribution in [-0.4, -0.2) is 88.0 Å². The van der Waals surface area contributed by atoms with Gasteiger partial charge in [0.05, 0.1) is 23.8 Å². The summed E-state index contributed by atoms with van der Waals surface area (Å²) in [6.45, 7) is 6.53. The van der Waals surface area contributed by atoms with Crippen LogP contribution < -0.4 is 15.0 Å². The third-order valence-corrected chi connectivity index (χ3v) is 9.15. The molecule has 2 amide bonds. The second-order valence-electron chi connectivity index (χ2n) is 9.83. The first-order chi connectivity index (χ1) is 18.3. The lowest BCUT2D eigenvalue weighted by molar-refractivity contribution is -0.125. The van der Waals surface area contributed by atoms with Crippen molar-refractivity contribution >= 4 is 33.2 Å². The first-order valence-electron chi connectivity index (χ1n) is 13.2. The number of carbonyl (C=O) groups excluding carboxylic acids is 2. The Labute approximate surface area is 223 Å². The van der Waals surface area contributed by atoms with Gasteiger partial charge in [0.2, 0.25) is 10.0 Å². The van der Waals surface area contributed by atoms with Gasteiger partial charge >= 0.3 is 0 Å². The van der Waals surface area contributed by atoms with E-state index in [0.717, 1.165) is 19.6 Å². The van der Waals surface area contributed by atoms with Gasteiger partial charge in [0, 0.05) is 37.4 Å². The summed E-state index contributed by atoms with van der Waals surface area (Å²) >= 11 is 0. The van der Waals surface area contributed by atoms with Crippen molar-refractivity contribution in [1.82, 2.24) is 9.21 Å². The molecule has 0 aliphatic carbocycles. The minimum absolute atomic E-state index is 0.102. The Balaban J connectivity index is 1.29. The standard InChI is InChI=1S/C27H34N4O6S/c1-20-27(33)31(14-13-29-11-3-2-4-12-29)24-19-22(7-10-25(24)37-20)28-26(32)21-5-8-23(9-6-21)38(34,35)30-15-17-36-18-16-30/h5-10,19-20H,2-4,11-18H2,1H3,(H,28,32). The van der Waals surface area contributed by atoms with Crippen molar-refractivity contribution in [1.29, 1.82) is 0 Å². The fourth-order valence-electron chi connectivity index (χ4n) is 5.06. The maximum absolute atomic E-state index is 13.0. The molecule has 0 saturated carbocycles. The molecule has 38 heavy (non-hydrogen) atoms. The van der Waals surface area contributed by atoms with E-state index in [9.17, 15) is 18.0 Å². The maximum atomic E-state index is 13.0. The average Bonchev–Trinajstić information content (AvgIpc) is 2.94. The Morgan fingerprint density at radius 2 is 1.68 bits per heavy atom. The molecule has 1 N–H and O–H groups in total. The number of nitrogens with one attached hydrogen (secondary N) is 1. The van der Waals surface area contributed by atoms with Crippen LogP contribution >= 0.6 is 0 Å². The molecule has 0 radical (unpaired) electrons. The lowest BCUT2D eigenvalue weighted by Crippen LogP contribution is -2.48. The van der Waals surface area contributed by atoms with Crippen LogP contribution in [0.4, 0.5) is 11.4 Å². The van der Waals surface area contributed by atoms with Crippen LogP contribution in [0.3, 0.4) is 0 Å². The van der Waals surface area contributed by atoms with Crippen molar-refractivity contribution in [3.63, 3.8) is 0 Å². The number of nitrogens with zero attached hydrogens (tertiary/aromatic N) is 3. The van der Waals surface area contributed by atoms with E-state index in [2.05, 4.69) is 10.2 Å². The Kier molecular flexibility index (Phi) is 7.98. The van der Waals surface area contributed by atoms with Gasteiger partial charge in [0.25, 0.3) is 11.8 Å². The third-order valence-electron chi connectivity index (χ3n) is 7.24. The smallest absolute Gasteiger partial charge is 0.267 e. The second kappa shape index (κ2) is 11.4. The molecule has 11 heteroatoms. The molecule has 1 atom stereocenters. The summed E-state index contributed by atoms with van der Waals surface area (Å²) in [5, 5.41) is 2.86. The normalized spacial score (nSPS) is 21.0. The van der Waals surface area contributed by atoms with Gasteiger partial charge in [-0.3, -0.25) is 9.59 Å². The molecule has 0 bridgehead atoms. The SMILES string of the molecule is CC1Oc2ccc(NC(=O)c3ccc(S(=O)(=O)N4CCOCC4)cc3)cc2N(CCN2CCCCC2)C1=O. The molecule has 3 aliphatic rings. The van der Waals surface area contributed by atoms with Gasteiger partial charge in [0.15, 0.2) is 6.10 Å². The molecule has 1 unspecified atom stereocenters. The number of ether oxygens (including phenoxy) is 2. The number of piperidine rings is 1. The largest absolute Gasteiger partial charge is 0.479 e. The van der Waals surface area contributed by atoms with E-state index in [1.165, 1.54) is 47.8 Å². The van der Waals surface area contributed by atoms with E-state index in [-0.39, 0.29) is 16.7 Å². The molecule has 10 nitrogen and oxygen atoms in total. The number of amides is 2. The van der Waals surface area contributed by atoms with E-state index < -0.39 is 16.1 Å². The van der Waals surface area contributed by atoms with E-state index in [0.29, 0.717) is 55.5 Å². The minimum atomic E-state index is -3.64. The second-order valence-corrected chi connectivity index (χ2v) is 11.8. The summed E-state index contributed by atoms with van der Waals surface area (Å²) in [6.07, 6.45) is 3.04. The maximum Gasteiger partial charge on any atom is 0.267 e. The Bertz CT molecular complexity index is 1270. The van der Waals surface area contributed by atoms with Gasteiger partial charge in [-0.05, 0) is 75.3 Å². The van der Waals surface area contributed by atoms with Crippen molar-refractivity contribution in [2.45, 2.75) is 37.2 Å². The molecule has 2 aromatic carbocycles. The summed E-state index contributed by atoms with van der Waals surface area (Å²) < 4.78 is 38.2. The van der Waals surface area contributed by atoms with Crippen LogP contribution in [0.25, 0.3) is 0 Å². The van der Waals surface area contributed by atoms with E-state index in [1.807, 2.05) is 0 Å². The zero-order valence-corrected chi connectivity index (χ0v) is 22.4. The van der Waals surface area contributed by atoms with Crippen LogP contribution in [0.2, 0.25) is 0 Å². The van der Waals surface area contributed by atoms with Crippen LogP contribution in [0.5, 0.6) is 5.75 Å². The number of anilines is 2. The van der Waals surface area contributed by atoms with E-state index in [1.54, 1.807) is 30.0 Å². The fraction of sp³-hybridized carbons (Fsp3) is 0.481. The number of morpholine rings is 1. The highest BCUT2D eigenvalue weighted by Gasteiger charge is 2.32. The molecular weight excluding hydrogens is 508 g/mol. The highest BCUT2D eigenvalue weighted by molar-refractivity contribution is 7.89. The van der Waals surface area contributed by atoms with Crippen molar-refractivity contribution in [2.24, 2.45) is 0 Å². The van der Waals surface area contributed by atoms with Crippen molar-refractivity contribution in [3.05, 3.63) is 48.0 Å². The molecule has 2 aromatic rings. The Morgan fingerprint density at radius 3 is 2.39 bits per heavy atom. The van der Waals surface area contributed by atoms with Crippen molar-refractivity contribution in [3.8, 4) is 5.75 Å². The zero-order valence-electron chi connectivity index (χ0n) is 21.6. The number of sulfonamides is 1. The number of fused-ring (bicyclic) bond motifs is 1. The number of hydrogen-bond donors (Lipinski definition) is 1. The summed E-state index contributed by atoms with van der Waals surface area (Å²) in [7, 11) is -3.64. The molecule has 5 rings (SSSR count). The number of benzene rings is 2. The number of carbonyl (C=O) groups is 2. The van der Waals surface area contributed by atoms with Crippen LogP contribution in [-0.2, 0) is 19.6 Å². The first-order valence-corrected chi connectivity index (χ1v) is 14.6.